The van der Waals surface area contributed by atoms with Crippen molar-refractivity contribution in [3.05, 3.63) is 35.1 Å². The molecule has 1 fully saturated rings. The van der Waals surface area contributed by atoms with Crippen molar-refractivity contribution in [1.82, 2.24) is 10.6 Å². The van der Waals surface area contributed by atoms with Crippen LogP contribution in [-0.2, 0) is 11.3 Å². The molecule has 1 amide bonds. The van der Waals surface area contributed by atoms with Crippen LogP contribution in [0, 0.1) is 12.7 Å². The third-order valence-electron chi connectivity index (χ3n) is 2.87. The van der Waals surface area contributed by atoms with E-state index in [0.29, 0.717) is 19.5 Å². The summed E-state index contributed by atoms with van der Waals surface area (Å²) in [7, 11) is 0. The first-order valence-electron chi connectivity index (χ1n) is 5.40. The van der Waals surface area contributed by atoms with Crippen LogP contribution in [0.1, 0.15) is 17.5 Å². The van der Waals surface area contributed by atoms with E-state index in [1.54, 1.807) is 6.07 Å². The maximum atomic E-state index is 13.0. The van der Waals surface area contributed by atoms with Crippen LogP contribution in [0.2, 0.25) is 0 Å². The number of halogens is 1. The topological polar surface area (TPSA) is 41.1 Å². The van der Waals surface area contributed by atoms with Gasteiger partial charge >= 0.3 is 0 Å². The van der Waals surface area contributed by atoms with Crippen molar-refractivity contribution < 1.29 is 9.18 Å². The Labute approximate surface area is 94.0 Å². The molecule has 4 heteroatoms. The Morgan fingerprint density at radius 2 is 2.38 bits per heavy atom. The summed E-state index contributed by atoms with van der Waals surface area (Å²) < 4.78 is 13.0. The van der Waals surface area contributed by atoms with Crippen molar-refractivity contribution in [2.24, 2.45) is 0 Å². The van der Waals surface area contributed by atoms with Gasteiger partial charge in [0.2, 0.25) is 5.91 Å². The maximum absolute atomic E-state index is 13.0. The van der Waals surface area contributed by atoms with Gasteiger partial charge in [-0.05, 0) is 30.2 Å². The van der Waals surface area contributed by atoms with Crippen molar-refractivity contribution >= 4 is 5.91 Å². The van der Waals surface area contributed by atoms with Crippen LogP contribution >= 0.6 is 0 Å². The summed E-state index contributed by atoms with van der Waals surface area (Å²) in [4.78, 5) is 11.0. The smallest absolute Gasteiger partial charge is 0.221 e. The van der Waals surface area contributed by atoms with Crippen LogP contribution in [0.25, 0.3) is 0 Å². The zero-order valence-electron chi connectivity index (χ0n) is 9.22. The van der Waals surface area contributed by atoms with Gasteiger partial charge in [0.1, 0.15) is 5.82 Å². The first-order valence-corrected chi connectivity index (χ1v) is 5.40. The number of hydrogen-bond donors (Lipinski definition) is 2. The fourth-order valence-corrected chi connectivity index (χ4v) is 1.83. The van der Waals surface area contributed by atoms with Crippen LogP contribution in [0.3, 0.4) is 0 Å². The average Bonchev–Trinajstić information content (AvgIpc) is 2.66. The van der Waals surface area contributed by atoms with Crippen LogP contribution in [0.5, 0.6) is 0 Å². The lowest BCUT2D eigenvalue weighted by atomic mass is 10.1. The predicted molar refractivity (Wildman–Crippen MR) is 59.4 cm³/mol. The quantitative estimate of drug-likeness (QED) is 0.804. The second-order valence-electron chi connectivity index (χ2n) is 4.16. The summed E-state index contributed by atoms with van der Waals surface area (Å²) in [5, 5.41) is 6.00. The number of carbonyl (C=O) groups is 1. The lowest BCUT2D eigenvalue weighted by Gasteiger charge is -2.12. The van der Waals surface area contributed by atoms with Crippen molar-refractivity contribution in [3.8, 4) is 0 Å². The molecule has 2 rings (SSSR count). The van der Waals surface area contributed by atoms with Gasteiger partial charge in [-0.25, -0.2) is 4.39 Å². The first-order chi connectivity index (χ1) is 7.65. The molecule has 16 heavy (non-hydrogen) atoms. The van der Waals surface area contributed by atoms with Gasteiger partial charge in [-0.2, -0.15) is 0 Å². The minimum atomic E-state index is -0.219. The molecule has 2 N–H and O–H groups in total. The molecule has 1 aromatic carbocycles. The highest BCUT2D eigenvalue weighted by atomic mass is 19.1. The van der Waals surface area contributed by atoms with E-state index >= 15 is 0 Å². The van der Waals surface area contributed by atoms with Crippen molar-refractivity contribution in [2.45, 2.75) is 25.9 Å². The van der Waals surface area contributed by atoms with Crippen LogP contribution < -0.4 is 10.6 Å². The molecule has 1 heterocycles. The van der Waals surface area contributed by atoms with E-state index in [2.05, 4.69) is 10.6 Å². The SMILES string of the molecule is Cc1ccc(F)cc1CNC1CNC(=O)C1. The second-order valence-corrected chi connectivity index (χ2v) is 4.16. The number of benzene rings is 1. The Morgan fingerprint density at radius 1 is 1.56 bits per heavy atom. The molecule has 86 valence electrons. The molecule has 0 radical (unpaired) electrons. The summed E-state index contributed by atoms with van der Waals surface area (Å²) in [6.45, 7) is 3.21. The lowest BCUT2D eigenvalue weighted by Crippen LogP contribution is -2.30. The minimum absolute atomic E-state index is 0.0773. The Bertz CT molecular complexity index is 406. The molecule has 0 bridgehead atoms. The fraction of sp³-hybridized carbons (Fsp3) is 0.417. The van der Waals surface area contributed by atoms with Gasteiger partial charge in [0.25, 0.3) is 0 Å². The van der Waals surface area contributed by atoms with Crippen LogP contribution in [-0.4, -0.2) is 18.5 Å². The van der Waals surface area contributed by atoms with Gasteiger partial charge in [0.05, 0.1) is 0 Å². The van der Waals surface area contributed by atoms with E-state index in [9.17, 15) is 9.18 Å². The Kier molecular flexibility index (Phi) is 3.19. The number of carbonyl (C=O) groups excluding carboxylic acids is 1. The van der Waals surface area contributed by atoms with Gasteiger partial charge < -0.3 is 10.6 Å². The maximum Gasteiger partial charge on any atom is 0.221 e. The van der Waals surface area contributed by atoms with Gasteiger partial charge in [-0.1, -0.05) is 6.07 Å². The predicted octanol–water partition coefficient (Wildman–Crippen LogP) is 1.11. The van der Waals surface area contributed by atoms with E-state index in [1.807, 2.05) is 6.92 Å². The highest BCUT2D eigenvalue weighted by molar-refractivity contribution is 5.78. The normalized spacial score (nSPS) is 19.9. The molecule has 0 aliphatic carbocycles. The molecule has 1 atom stereocenters. The third-order valence-corrected chi connectivity index (χ3v) is 2.87. The molecule has 1 unspecified atom stereocenters. The van der Waals surface area contributed by atoms with Crippen molar-refractivity contribution in [3.63, 3.8) is 0 Å². The molecule has 1 aliphatic heterocycles. The molecule has 0 saturated carbocycles. The number of nitrogens with one attached hydrogen (secondary N) is 2. The van der Waals surface area contributed by atoms with Gasteiger partial charge in [0, 0.05) is 25.6 Å². The summed E-state index contributed by atoms with van der Waals surface area (Å²) in [6, 6.07) is 4.92. The molecule has 0 aromatic heterocycles. The Balaban J connectivity index is 1.94. The van der Waals surface area contributed by atoms with E-state index in [1.165, 1.54) is 12.1 Å². The number of amides is 1. The van der Waals surface area contributed by atoms with Crippen molar-refractivity contribution in [2.75, 3.05) is 6.54 Å². The number of hydrogen-bond acceptors (Lipinski definition) is 2. The van der Waals surface area contributed by atoms with Gasteiger partial charge in [-0.15, -0.1) is 0 Å². The number of aryl methyl sites for hydroxylation is 1. The average molecular weight is 222 g/mol. The minimum Gasteiger partial charge on any atom is -0.354 e. The largest absolute Gasteiger partial charge is 0.354 e. The van der Waals surface area contributed by atoms with Crippen LogP contribution in [0.15, 0.2) is 18.2 Å². The van der Waals surface area contributed by atoms with E-state index in [4.69, 9.17) is 0 Å². The van der Waals surface area contributed by atoms with E-state index < -0.39 is 0 Å². The number of rotatable bonds is 3. The fourth-order valence-electron chi connectivity index (χ4n) is 1.83. The highest BCUT2D eigenvalue weighted by Crippen LogP contribution is 2.11. The molecular formula is C12H15FN2O. The lowest BCUT2D eigenvalue weighted by molar-refractivity contribution is -0.119. The highest BCUT2D eigenvalue weighted by Gasteiger charge is 2.20. The molecule has 3 nitrogen and oxygen atoms in total. The summed E-state index contributed by atoms with van der Waals surface area (Å²) in [6.07, 6.45) is 0.508. The third kappa shape index (κ3) is 2.58. The van der Waals surface area contributed by atoms with E-state index in [-0.39, 0.29) is 17.8 Å². The molecule has 1 aliphatic rings. The first kappa shape index (κ1) is 11.1. The van der Waals surface area contributed by atoms with E-state index in [0.717, 1.165) is 11.1 Å². The summed E-state index contributed by atoms with van der Waals surface area (Å²) in [5.41, 5.74) is 2.01. The zero-order valence-corrected chi connectivity index (χ0v) is 9.22. The van der Waals surface area contributed by atoms with Gasteiger partial charge in [-0.3, -0.25) is 4.79 Å². The molecule has 0 spiro atoms. The molecular weight excluding hydrogens is 207 g/mol. The zero-order chi connectivity index (χ0) is 11.5. The summed E-state index contributed by atoms with van der Waals surface area (Å²) >= 11 is 0. The summed E-state index contributed by atoms with van der Waals surface area (Å²) in [5.74, 6) is -0.142. The monoisotopic (exact) mass is 222 g/mol. The van der Waals surface area contributed by atoms with Gasteiger partial charge in [0.15, 0.2) is 0 Å². The molecule has 1 aromatic rings. The molecule has 1 saturated heterocycles. The standard InChI is InChI=1S/C12H15FN2O/c1-8-2-3-10(13)4-9(8)6-14-11-5-12(16)15-7-11/h2-4,11,14H,5-7H2,1H3,(H,15,16). The second kappa shape index (κ2) is 4.61. The Morgan fingerprint density at radius 3 is 3.06 bits per heavy atom. The Hall–Kier alpha value is -1.42. The van der Waals surface area contributed by atoms with Crippen LogP contribution in [0.4, 0.5) is 4.39 Å². The van der Waals surface area contributed by atoms with Crippen molar-refractivity contribution in [1.29, 1.82) is 0 Å².